The van der Waals surface area contributed by atoms with E-state index in [4.69, 9.17) is 10.5 Å². The van der Waals surface area contributed by atoms with Gasteiger partial charge in [0, 0.05) is 18.5 Å². The van der Waals surface area contributed by atoms with E-state index in [9.17, 15) is 9.59 Å². The van der Waals surface area contributed by atoms with Gasteiger partial charge in [-0.05, 0) is 25.0 Å². The van der Waals surface area contributed by atoms with Crippen molar-refractivity contribution < 1.29 is 14.3 Å². The number of ether oxygens (including phenoxy) is 1. The Balaban J connectivity index is 1.92. The second-order valence-electron chi connectivity index (χ2n) is 5.69. The molecule has 2 aliphatic rings. The Morgan fingerprint density at radius 3 is 3.00 bits per heavy atom. The van der Waals surface area contributed by atoms with Gasteiger partial charge in [-0.3, -0.25) is 14.9 Å². The fourth-order valence-corrected chi connectivity index (χ4v) is 2.96. The molecular weight excluding hydrogens is 296 g/mol. The van der Waals surface area contributed by atoms with Crippen LogP contribution in [-0.4, -0.2) is 35.3 Å². The number of nitrogens with one attached hydrogen (secondary N) is 1. The summed E-state index contributed by atoms with van der Waals surface area (Å²) in [7, 11) is 0. The summed E-state index contributed by atoms with van der Waals surface area (Å²) in [6.07, 6.45) is 0.796. The fourth-order valence-electron chi connectivity index (χ4n) is 2.96. The molecule has 3 rings (SSSR count). The molecule has 0 aliphatic carbocycles. The Morgan fingerprint density at radius 1 is 1.43 bits per heavy atom. The molecule has 2 aliphatic heterocycles. The molecule has 1 aromatic carbocycles. The highest BCUT2D eigenvalue weighted by Gasteiger charge is 2.33. The first kappa shape index (κ1) is 15.6. The normalized spacial score (nSPS) is 24.2. The van der Waals surface area contributed by atoms with Gasteiger partial charge in [0.25, 0.3) is 0 Å². The van der Waals surface area contributed by atoms with Crippen molar-refractivity contribution in [3.8, 4) is 0 Å². The van der Waals surface area contributed by atoms with Gasteiger partial charge < -0.3 is 15.4 Å². The van der Waals surface area contributed by atoms with Crippen LogP contribution in [0.1, 0.15) is 30.9 Å². The maximum absolute atomic E-state index is 12.1. The maximum atomic E-state index is 12.1. The summed E-state index contributed by atoms with van der Waals surface area (Å²) in [5.41, 5.74) is 8.57. The number of hydrogen-bond donors (Lipinski definition) is 2. The molecular formula is C16H20N4O3. The molecule has 7 heteroatoms. The summed E-state index contributed by atoms with van der Waals surface area (Å²) in [4.78, 5) is 29.9. The fraction of sp³-hybridized carbons (Fsp3) is 0.438. The van der Waals surface area contributed by atoms with Crippen LogP contribution >= 0.6 is 0 Å². The number of hydrogen-bond acceptors (Lipinski definition) is 6. The van der Waals surface area contributed by atoms with Gasteiger partial charge in [-0.25, -0.2) is 4.99 Å². The van der Waals surface area contributed by atoms with Gasteiger partial charge in [0.05, 0.1) is 12.3 Å². The lowest BCUT2D eigenvalue weighted by atomic mass is 10.0. The highest BCUT2D eigenvalue weighted by Crippen LogP contribution is 2.27. The number of carbonyl (C=O) groups is 2. The minimum Gasteiger partial charge on any atom is -0.356 e. The molecule has 0 spiro atoms. The van der Waals surface area contributed by atoms with Gasteiger partial charge >= 0.3 is 0 Å². The molecule has 2 amide bonds. The van der Waals surface area contributed by atoms with E-state index in [1.165, 1.54) is 0 Å². The van der Waals surface area contributed by atoms with Crippen molar-refractivity contribution in [2.45, 2.75) is 39.0 Å². The van der Waals surface area contributed by atoms with Crippen LogP contribution < -0.4 is 11.1 Å². The number of carbonyl (C=O) groups excluding carboxylic acids is 2. The molecule has 23 heavy (non-hydrogen) atoms. The second-order valence-corrected chi connectivity index (χ2v) is 5.69. The number of rotatable bonds is 2. The lowest BCUT2D eigenvalue weighted by Crippen LogP contribution is -2.54. The van der Waals surface area contributed by atoms with Crippen LogP contribution in [0.3, 0.4) is 0 Å². The number of aliphatic imine (C=N–C) groups is 1. The molecule has 0 radical (unpaired) electrons. The Labute approximate surface area is 134 Å². The monoisotopic (exact) mass is 316 g/mol. The molecule has 0 bridgehead atoms. The molecule has 0 saturated carbocycles. The zero-order chi connectivity index (χ0) is 16.4. The van der Waals surface area contributed by atoms with Gasteiger partial charge in [0.15, 0.2) is 0 Å². The van der Waals surface area contributed by atoms with Crippen LogP contribution in [0.5, 0.6) is 0 Å². The minimum atomic E-state index is -0.435. The predicted octanol–water partition coefficient (Wildman–Crippen LogP) is 0.790. The van der Waals surface area contributed by atoms with Crippen molar-refractivity contribution in [3.05, 3.63) is 29.3 Å². The van der Waals surface area contributed by atoms with Crippen molar-refractivity contribution >= 4 is 23.3 Å². The van der Waals surface area contributed by atoms with Gasteiger partial charge in [-0.2, -0.15) is 0 Å². The Hall–Kier alpha value is -2.25. The average molecular weight is 316 g/mol. The number of nitrogens with zero attached hydrogens (tertiary/aromatic N) is 2. The summed E-state index contributed by atoms with van der Waals surface area (Å²) < 4.78 is 5.78. The van der Waals surface area contributed by atoms with Crippen molar-refractivity contribution in [1.29, 1.82) is 0 Å². The first-order chi connectivity index (χ1) is 11.1. The van der Waals surface area contributed by atoms with Crippen LogP contribution in [0, 0.1) is 0 Å². The van der Waals surface area contributed by atoms with Crippen molar-refractivity contribution in [2.75, 3.05) is 6.73 Å². The third-order valence-electron chi connectivity index (χ3n) is 4.23. The Morgan fingerprint density at radius 2 is 2.26 bits per heavy atom. The predicted molar refractivity (Wildman–Crippen MR) is 84.8 cm³/mol. The van der Waals surface area contributed by atoms with Crippen LogP contribution in [0.15, 0.2) is 23.2 Å². The number of piperidine rings is 1. The molecule has 3 N–H and O–H groups in total. The Kier molecular flexibility index (Phi) is 4.40. The molecule has 1 unspecified atom stereocenters. The second kappa shape index (κ2) is 6.47. The average Bonchev–Trinajstić information content (AvgIpc) is 2.51. The molecule has 2 heterocycles. The lowest BCUT2D eigenvalue weighted by molar-refractivity contribution is -0.137. The van der Waals surface area contributed by atoms with Crippen LogP contribution in [0.2, 0.25) is 0 Å². The molecule has 0 aromatic heterocycles. The third-order valence-corrected chi connectivity index (χ3v) is 4.23. The number of amidine groups is 1. The third kappa shape index (κ3) is 3.11. The van der Waals surface area contributed by atoms with Gasteiger partial charge in [-0.1, -0.05) is 12.1 Å². The lowest BCUT2D eigenvalue weighted by Gasteiger charge is -2.35. The summed E-state index contributed by atoms with van der Waals surface area (Å²) in [5, 5.41) is 2.37. The minimum absolute atomic E-state index is 0.230. The standard InChI is InChI=1S/C16H20N4O3/c1-10-18-13-4-2-3-11(7-17)12(13)8-23-9-20(10)14-5-6-15(21)19-16(14)22/h2-4,14H,5-9,17H2,1H3,(H,19,21,22)/b18-10-. The summed E-state index contributed by atoms with van der Waals surface area (Å²) in [6.45, 7) is 2.92. The van der Waals surface area contributed by atoms with Gasteiger partial charge in [0.2, 0.25) is 11.8 Å². The Bertz CT molecular complexity index is 671. The molecule has 1 aromatic rings. The van der Waals surface area contributed by atoms with E-state index in [0.717, 1.165) is 16.8 Å². The van der Waals surface area contributed by atoms with E-state index < -0.39 is 6.04 Å². The number of fused-ring (bicyclic) bond motifs is 1. The smallest absolute Gasteiger partial charge is 0.249 e. The van der Waals surface area contributed by atoms with Gasteiger partial charge in [0.1, 0.15) is 18.6 Å². The topological polar surface area (TPSA) is 97.0 Å². The largest absolute Gasteiger partial charge is 0.356 e. The summed E-state index contributed by atoms with van der Waals surface area (Å²) in [5.74, 6) is 0.164. The first-order valence-corrected chi connectivity index (χ1v) is 7.64. The number of amides is 2. The molecule has 1 saturated heterocycles. The van der Waals surface area contributed by atoms with Crippen LogP contribution in [0.25, 0.3) is 0 Å². The van der Waals surface area contributed by atoms with Crippen LogP contribution in [0.4, 0.5) is 5.69 Å². The molecule has 1 fully saturated rings. The van der Waals surface area contributed by atoms with E-state index in [0.29, 0.717) is 31.8 Å². The number of imide groups is 1. The van der Waals surface area contributed by atoms with E-state index in [2.05, 4.69) is 10.3 Å². The van der Waals surface area contributed by atoms with Gasteiger partial charge in [-0.15, -0.1) is 0 Å². The van der Waals surface area contributed by atoms with E-state index in [1.54, 1.807) is 4.90 Å². The maximum Gasteiger partial charge on any atom is 0.249 e. The van der Waals surface area contributed by atoms with Crippen LogP contribution in [-0.2, 0) is 27.5 Å². The van der Waals surface area contributed by atoms with E-state index in [-0.39, 0.29) is 18.5 Å². The number of nitrogens with two attached hydrogens (primary N) is 1. The molecule has 7 nitrogen and oxygen atoms in total. The van der Waals surface area contributed by atoms with Crippen molar-refractivity contribution in [3.63, 3.8) is 0 Å². The molecule has 1 atom stereocenters. The summed E-state index contributed by atoms with van der Waals surface area (Å²) in [6, 6.07) is 5.35. The highest BCUT2D eigenvalue weighted by atomic mass is 16.5. The quantitative estimate of drug-likeness (QED) is 0.786. The first-order valence-electron chi connectivity index (χ1n) is 7.64. The van der Waals surface area contributed by atoms with E-state index >= 15 is 0 Å². The molecule has 122 valence electrons. The summed E-state index contributed by atoms with van der Waals surface area (Å²) >= 11 is 0. The highest BCUT2D eigenvalue weighted by molar-refractivity contribution is 6.02. The van der Waals surface area contributed by atoms with E-state index in [1.807, 2.05) is 25.1 Å². The SMILES string of the molecule is C/C1=N/c2cccc(CN)c2COCN1C1CCC(=O)NC1=O. The zero-order valence-corrected chi connectivity index (χ0v) is 13.0. The zero-order valence-electron chi connectivity index (χ0n) is 13.0. The van der Waals surface area contributed by atoms with Crippen molar-refractivity contribution in [2.24, 2.45) is 10.7 Å². The number of benzene rings is 1. The van der Waals surface area contributed by atoms with Crippen molar-refractivity contribution in [1.82, 2.24) is 10.2 Å².